The Balaban J connectivity index is 1.52. The summed E-state index contributed by atoms with van der Waals surface area (Å²) in [4.78, 5) is 26.1. The van der Waals surface area contributed by atoms with Crippen molar-refractivity contribution in [2.24, 2.45) is 0 Å². The fraction of sp³-hybridized carbons (Fsp3) is 0.263. The molecule has 2 aromatic rings. The number of carbonyl (C=O) groups excluding carboxylic acids is 2. The number of fused-ring (bicyclic) bond motifs is 1. The molecule has 2 amide bonds. The number of nitrogens with zero attached hydrogens (tertiary/aromatic N) is 1. The van der Waals surface area contributed by atoms with Crippen LogP contribution in [-0.4, -0.2) is 31.7 Å². The van der Waals surface area contributed by atoms with Crippen LogP contribution in [0.3, 0.4) is 0 Å². The molecular formula is C19H20FNO2Si. The summed E-state index contributed by atoms with van der Waals surface area (Å²) < 4.78 is 12.9. The van der Waals surface area contributed by atoms with Crippen LogP contribution in [0.25, 0.3) is 0 Å². The molecule has 1 atom stereocenters. The van der Waals surface area contributed by atoms with Crippen LogP contribution in [0, 0.1) is 5.82 Å². The van der Waals surface area contributed by atoms with E-state index in [0.29, 0.717) is 17.3 Å². The number of hydrogen-bond acceptors (Lipinski definition) is 2. The van der Waals surface area contributed by atoms with E-state index in [4.69, 9.17) is 0 Å². The molecule has 0 N–H and O–H groups in total. The lowest BCUT2D eigenvalue weighted by atomic mass is 10.1. The Bertz CT molecular complexity index is 725. The average molecular weight is 341 g/mol. The van der Waals surface area contributed by atoms with Gasteiger partial charge in [-0.1, -0.05) is 43.3 Å². The van der Waals surface area contributed by atoms with Gasteiger partial charge in [-0.15, -0.1) is 0 Å². The summed E-state index contributed by atoms with van der Waals surface area (Å²) in [6, 6.07) is 14.6. The number of imide groups is 1. The normalized spacial score (nSPS) is 14.8. The maximum atomic E-state index is 12.9. The first-order valence-corrected chi connectivity index (χ1v) is 11.0. The first kappa shape index (κ1) is 16.6. The highest BCUT2D eigenvalue weighted by Crippen LogP contribution is 2.23. The van der Waals surface area contributed by atoms with E-state index in [-0.39, 0.29) is 17.6 Å². The summed E-state index contributed by atoms with van der Waals surface area (Å²) in [5.74, 6) is -0.533. The van der Waals surface area contributed by atoms with Gasteiger partial charge in [-0.3, -0.25) is 14.5 Å². The quantitative estimate of drug-likeness (QED) is 0.596. The molecular weight excluding hydrogens is 321 g/mol. The molecule has 5 heteroatoms. The van der Waals surface area contributed by atoms with E-state index in [1.54, 1.807) is 24.3 Å². The van der Waals surface area contributed by atoms with Crippen LogP contribution in [0.15, 0.2) is 48.5 Å². The second kappa shape index (κ2) is 7.09. The van der Waals surface area contributed by atoms with Gasteiger partial charge in [-0.05, 0) is 36.2 Å². The fourth-order valence-corrected chi connectivity index (χ4v) is 5.15. The highest BCUT2D eigenvalue weighted by Gasteiger charge is 2.35. The van der Waals surface area contributed by atoms with E-state index in [9.17, 15) is 14.0 Å². The molecule has 0 aromatic heterocycles. The summed E-state index contributed by atoms with van der Waals surface area (Å²) in [5, 5.41) is 0. The lowest BCUT2D eigenvalue weighted by Crippen LogP contribution is -2.37. The molecule has 3 rings (SSSR count). The van der Waals surface area contributed by atoms with E-state index in [0.717, 1.165) is 24.4 Å². The predicted octanol–water partition coefficient (Wildman–Crippen LogP) is 3.45. The van der Waals surface area contributed by atoms with Crippen molar-refractivity contribution in [2.75, 3.05) is 6.17 Å². The first-order valence-electron chi connectivity index (χ1n) is 8.26. The summed E-state index contributed by atoms with van der Waals surface area (Å²) in [6.07, 6.45) is 2.48. The molecule has 3 nitrogen and oxygen atoms in total. The standard InChI is InChI=1S/C19H20FNO2Si/c1-24(12-4-5-14-8-10-15(20)11-9-14)13-21-18(22)16-6-2-3-7-17(16)19(21)23/h2-3,6-11,24H,4-5,12-13H2,1H3. The fourth-order valence-electron chi connectivity index (χ4n) is 3.11. The zero-order chi connectivity index (χ0) is 17.1. The van der Waals surface area contributed by atoms with Crippen LogP contribution in [-0.2, 0) is 6.42 Å². The highest BCUT2D eigenvalue weighted by molar-refractivity contribution is 6.58. The molecule has 1 aliphatic heterocycles. The van der Waals surface area contributed by atoms with Gasteiger partial charge < -0.3 is 0 Å². The molecule has 2 aromatic carbocycles. The Hall–Kier alpha value is -2.27. The molecule has 0 saturated heterocycles. The predicted molar refractivity (Wildman–Crippen MR) is 94.4 cm³/mol. The molecule has 1 unspecified atom stereocenters. The van der Waals surface area contributed by atoms with Crippen LogP contribution in [0.2, 0.25) is 12.6 Å². The monoisotopic (exact) mass is 341 g/mol. The van der Waals surface area contributed by atoms with Crippen molar-refractivity contribution in [3.05, 3.63) is 71.0 Å². The summed E-state index contributed by atoms with van der Waals surface area (Å²) in [5.41, 5.74) is 2.17. The Kier molecular flexibility index (Phi) is 4.90. The number of amides is 2. The van der Waals surface area contributed by atoms with Gasteiger partial charge in [0.25, 0.3) is 11.8 Å². The van der Waals surface area contributed by atoms with E-state index < -0.39 is 8.80 Å². The number of hydrogen-bond donors (Lipinski definition) is 0. The molecule has 0 bridgehead atoms. The van der Waals surface area contributed by atoms with Crippen molar-refractivity contribution < 1.29 is 14.0 Å². The summed E-state index contributed by atoms with van der Waals surface area (Å²) >= 11 is 0. The summed E-state index contributed by atoms with van der Waals surface area (Å²) in [6.45, 7) is 2.19. The zero-order valence-electron chi connectivity index (χ0n) is 13.7. The lowest BCUT2D eigenvalue weighted by molar-refractivity contribution is 0.0679. The van der Waals surface area contributed by atoms with Gasteiger partial charge in [0, 0.05) is 6.17 Å². The number of rotatable bonds is 6. The van der Waals surface area contributed by atoms with Gasteiger partial charge in [-0.25, -0.2) is 4.39 Å². The number of carbonyl (C=O) groups is 2. The Morgan fingerprint density at radius 1 is 0.958 bits per heavy atom. The van der Waals surface area contributed by atoms with Crippen molar-refractivity contribution in [1.29, 1.82) is 0 Å². The average Bonchev–Trinajstić information content (AvgIpc) is 2.82. The maximum Gasteiger partial charge on any atom is 0.261 e. The van der Waals surface area contributed by atoms with Gasteiger partial charge in [0.05, 0.1) is 19.9 Å². The molecule has 0 fully saturated rings. The molecule has 0 aliphatic carbocycles. The second-order valence-electron chi connectivity index (χ2n) is 6.39. The molecule has 1 aliphatic rings. The third-order valence-corrected chi connectivity index (χ3v) is 6.83. The van der Waals surface area contributed by atoms with Crippen molar-refractivity contribution >= 4 is 20.6 Å². The van der Waals surface area contributed by atoms with E-state index >= 15 is 0 Å². The van der Waals surface area contributed by atoms with Gasteiger partial charge >= 0.3 is 0 Å². The third kappa shape index (κ3) is 3.46. The second-order valence-corrected chi connectivity index (χ2v) is 9.54. The molecule has 1 heterocycles. The van der Waals surface area contributed by atoms with Crippen LogP contribution < -0.4 is 0 Å². The summed E-state index contributed by atoms with van der Waals surface area (Å²) in [7, 11) is -1.20. The number of benzene rings is 2. The minimum absolute atomic E-state index is 0.159. The van der Waals surface area contributed by atoms with E-state index in [2.05, 4.69) is 6.55 Å². The van der Waals surface area contributed by atoms with E-state index in [1.165, 1.54) is 17.0 Å². The van der Waals surface area contributed by atoms with Crippen LogP contribution in [0.5, 0.6) is 0 Å². The van der Waals surface area contributed by atoms with Gasteiger partial charge in [0.2, 0.25) is 0 Å². The molecule has 124 valence electrons. The van der Waals surface area contributed by atoms with Crippen molar-refractivity contribution in [3.63, 3.8) is 0 Å². The molecule has 0 saturated carbocycles. The topological polar surface area (TPSA) is 37.4 Å². The SMILES string of the molecule is C[SiH](CCCc1ccc(F)cc1)CN1C(=O)c2ccccc2C1=O. The van der Waals surface area contributed by atoms with Gasteiger partial charge in [0.15, 0.2) is 0 Å². The molecule has 0 spiro atoms. The highest BCUT2D eigenvalue weighted by atomic mass is 28.3. The number of halogens is 1. The van der Waals surface area contributed by atoms with Gasteiger partial charge in [-0.2, -0.15) is 0 Å². The third-order valence-electron chi connectivity index (χ3n) is 4.45. The minimum atomic E-state index is -1.20. The van der Waals surface area contributed by atoms with Gasteiger partial charge in [0.1, 0.15) is 5.82 Å². The van der Waals surface area contributed by atoms with Crippen LogP contribution >= 0.6 is 0 Å². The van der Waals surface area contributed by atoms with Crippen LogP contribution in [0.4, 0.5) is 4.39 Å². The zero-order valence-corrected chi connectivity index (χ0v) is 14.8. The van der Waals surface area contributed by atoms with Crippen LogP contribution in [0.1, 0.15) is 32.7 Å². The largest absolute Gasteiger partial charge is 0.278 e. The molecule has 24 heavy (non-hydrogen) atoms. The smallest absolute Gasteiger partial charge is 0.261 e. The van der Waals surface area contributed by atoms with E-state index in [1.807, 2.05) is 12.1 Å². The number of aryl methyl sites for hydroxylation is 1. The molecule has 0 radical (unpaired) electrons. The van der Waals surface area contributed by atoms with Crippen molar-refractivity contribution in [3.8, 4) is 0 Å². The Labute approximate surface area is 142 Å². The first-order chi connectivity index (χ1) is 11.6. The lowest BCUT2D eigenvalue weighted by Gasteiger charge is -2.18. The minimum Gasteiger partial charge on any atom is -0.278 e. The van der Waals surface area contributed by atoms with Crippen molar-refractivity contribution in [2.45, 2.75) is 25.4 Å². The van der Waals surface area contributed by atoms with Crippen molar-refractivity contribution in [1.82, 2.24) is 4.90 Å². The Morgan fingerprint density at radius 2 is 1.54 bits per heavy atom. The maximum absolute atomic E-state index is 12.9. The Morgan fingerprint density at radius 3 is 2.12 bits per heavy atom.